The molecule has 1 atom stereocenters. The highest BCUT2D eigenvalue weighted by Crippen LogP contribution is 2.33. The van der Waals surface area contributed by atoms with E-state index in [4.69, 9.17) is 0 Å². The molecule has 6 rings (SSSR count). The number of aromatic nitrogens is 1. The fourth-order valence-electron chi connectivity index (χ4n) is 5.11. The van der Waals surface area contributed by atoms with E-state index < -0.39 is 10.0 Å². The summed E-state index contributed by atoms with van der Waals surface area (Å²) in [6.07, 6.45) is 2.42. The van der Waals surface area contributed by atoms with Crippen LogP contribution in [-0.2, 0) is 10.0 Å². The van der Waals surface area contributed by atoms with Crippen molar-refractivity contribution in [3.8, 4) is 11.1 Å². The van der Waals surface area contributed by atoms with Crippen LogP contribution in [0.1, 0.15) is 16.8 Å². The van der Waals surface area contributed by atoms with Crippen molar-refractivity contribution in [2.75, 3.05) is 18.4 Å². The lowest BCUT2D eigenvalue weighted by Crippen LogP contribution is -2.31. The molecule has 0 unspecified atom stereocenters. The Morgan fingerprint density at radius 1 is 0.846 bits per heavy atom. The molecule has 1 aliphatic heterocycles. The van der Waals surface area contributed by atoms with Crippen molar-refractivity contribution in [3.63, 3.8) is 0 Å². The Morgan fingerprint density at radius 3 is 2.28 bits per heavy atom. The van der Waals surface area contributed by atoms with Crippen molar-refractivity contribution >= 4 is 32.5 Å². The number of carbonyl (C=O) groups is 1. The molecule has 2 heterocycles. The van der Waals surface area contributed by atoms with Gasteiger partial charge in [-0.15, -0.1) is 0 Å². The van der Waals surface area contributed by atoms with Crippen LogP contribution < -0.4 is 5.32 Å². The molecule has 1 N–H and O–H groups in total. The van der Waals surface area contributed by atoms with Crippen LogP contribution in [0.15, 0.2) is 114 Å². The molecular weight excluding hydrogens is 513 g/mol. The lowest BCUT2D eigenvalue weighted by atomic mass is 10.1. The first-order valence-electron chi connectivity index (χ1n) is 12.7. The van der Waals surface area contributed by atoms with Crippen molar-refractivity contribution in [1.29, 1.82) is 0 Å². The zero-order valence-corrected chi connectivity index (χ0v) is 21.8. The molecule has 0 spiro atoms. The maximum Gasteiger partial charge on any atom is 0.268 e. The average molecular weight is 540 g/mol. The summed E-state index contributed by atoms with van der Waals surface area (Å²) in [5.41, 5.74) is 3.59. The van der Waals surface area contributed by atoms with Gasteiger partial charge < -0.3 is 10.2 Å². The number of rotatable bonds is 6. The first kappa shape index (κ1) is 24.9. The summed E-state index contributed by atoms with van der Waals surface area (Å²) >= 11 is 0. The number of nitrogens with one attached hydrogen (secondary N) is 1. The summed E-state index contributed by atoms with van der Waals surface area (Å²) in [6.45, 7) is 1.09. The third-order valence-electron chi connectivity index (χ3n) is 7.11. The smallest absolute Gasteiger partial charge is 0.268 e. The van der Waals surface area contributed by atoms with Crippen LogP contribution in [0.25, 0.3) is 22.0 Å². The molecule has 6 nitrogen and oxygen atoms in total. The van der Waals surface area contributed by atoms with Crippen molar-refractivity contribution in [2.45, 2.75) is 17.4 Å². The van der Waals surface area contributed by atoms with Crippen LogP contribution in [0.4, 0.5) is 10.1 Å². The van der Waals surface area contributed by atoms with Crippen molar-refractivity contribution < 1.29 is 17.6 Å². The highest BCUT2D eigenvalue weighted by Gasteiger charge is 2.28. The number of para-hydroxylation sites is 1. The van der Waals surface area contributed by atoms with E-state index in [0.717, 1.165) is 28.6 Å². The highest BCUT2D eigenvalue weighted by molar-refractivity contribution is 7.90. The van der Waals surface area contributed by atoms with Gasteiger partial charge in [0, 0.05) is 47.5 Å². The zero-order valence-electron chi connectivity index (χ0n) is 21.0. The second-order valence-corrected chi connectivity index (χ2v) is 11.5. The summed E-state index contributed by atoms with van der Waals surface area (Å²) < 4.78 is 41.9. The standard InChI is InChI=1S/C31H26FN3O3S/c32-24-12-14-25(15-13-24)33-26-18-19-34(20-26)31(36)23-10-16-27(17-11-23)39(37,38)35-21-29(22-6-2-1-3-7-22)28-8-4-5-9-30(28)35/h1-17,21,26,33H,18-20H2/t26-/m1/s1. The summed E-state index contributed by atoms with van der Waals surface area (Å²) in [5, 5.41) is 4.18. The lowest BCUT2D eigenvalue weighted by Gasteiger charge is -2.18. The Labute approximate surface area is 226 Å². The van der Waals surface area contributed by atoms with Crippen LogP contribution >= 0.6 is 0 Å². The number of halogens is 1. The summed E-state index contributed by atoms with van der Waals surface area (Å²) in [5.74, 6) is -0.448. The van der Waals surface area contributed by atoms with Crippen LogP contribution in [0, 0.1) is 5.82 Å². The fourth-order valence-corrected chi connectivity index (χ4v) is 6.48. The van der Waals surface area contributed by atoms with E-state index in [9.17, 15) is 17.6 Å². The molecule has 0 saturated carbocycles. The molecule has 1 amide bonds. The molecule has 0 bridgehead atoms. The molecule has 196 valence electrons. The highest BCUT2D eigenvalue weighted by atomic mass is 32.2. The number of likely N-dealkylation sites (tertiary alicyclic amines) is 1. The molecule has 39 heavy (non-hydrogen) atoms. The molecule has 5 aromatic rings. The quantitative estimate of drug-likeness (QED) is 0.287. The SMILES string of the molecule is O=C(c1ccc(S(=O)(=O)n2cc(-c3ccccc3)c3ccccc32)cc1)N1CC[C@@H](Nc2ccc(F)cc2)C1. The van der Waals surface area contributed by atoms with Gasteiger partial charge in [-0.25, -0.2) is 16.8 Å². The Morgan fingerprint density at radius 2 is 1.54 bits per heavy atom. The number of anilines is 1. The van der Waals surface area contributed by atoms with E-state index in [2.05, 4.69) is 5.32 Å². The predicted octanol–water partition coefficient (Wildman–Crippen LogP) is 6.01. The normalized spacial score (nSPS) is 15.5. The van der Waals surface area contributed by atoms with Gasteiger partial charge in [0.15, 0.2) is 0 Å². The Hall–Kier alpha value is -4.43. The molecule has 1 aromatic heterocycles. The van der Waals surface area contributed by atoms with Crippen molar-refractivity contribution in [3.05, 3.63) is 121 Å². The van der Waals surface area contributed by atoms with Gasteiger partial charge in [-0.05, 0) is 66.6 Å². The Bertz CT molecular complexity index is 1750. The van der Waals surface area contributed by atoms with E-state index in [1.807, 2.05) is 48.5 Å². The van der Waals surface area contributed by atoms with Crippen LogP contribution in [0.3, 0.4) is 0 Å². The average Bonchev–Trinajstić information content (AvgIpc) is 3.60. The van der Waals surface area contributed by atoms with E-state index in [0.29, 0.717) is 24.2 Å². The first-order chi connectivity index (χ1) is 18.9. The number of benzene rings is 4. The predicted molar refractivity (Wildman–Crippen MR) is 151 cm³/mol. The van der Waals surface area contributed by atoms with Gasteiger partial charge in [0.2, 0.25) is 0 Å². The molecule has 1 saturated heterocycles. The van der Waals surface area contributed by atoms with E-state index in [1.54, 1.807) is 41.4 Å². The maximum atomic E-state index is 13.7. The molecule has 1 fully saturated rings. The second kappa shape index (κ2) is 10.0. The van der Waals surface area contributed by atoms with Crippen molar-refractivity contribution in [2.24, 2.45) is 0 Å². The topological polar surface area (TPSA) is 71.4 Å². The van der Waals surface area contributed by atoms with Gasteiger partial charge >= 0.3 is 0 Å². The number of nitrogens with zero attached hydrogens (tertiary/aromatic N) is 2. The fraction of sp³-hybridized carbons (Fsp3) is 0.129. The molecule has 0 radical (unpaired) electrons. The van der Waals surface area contributed by atoms with E-state index in [1.165, 1.54) is 28.2 Å². The first-order valence-corrected chi connectivity index (χ1v) is 14.2. The minimum atomic E-state index is -3.91. The van der Waals surface area contributed by atoms with E-state index in [-0.39, 0.29) is 22.7 Å². The zero-order chi connectivity index (χ0) is 27.0. The van der Waals surface area contributed by atoms with Gasteiger partial charge in [0.1, 0.15) is 5.82 Å². The van der Waals surface area contributed by atoms with Gasteiger partial charge in [0.05, 0.1) is 10.4 Å². The van der Waals surface area contributed by atoms with Crippen molar-refractivity contribution in [1.82, 2.24) is 8.87 Å². The van der Waals surface area contributed by atoms with Gasteiger partial charge in [-0.1, -0.05) is 48.5 Å². The van der Waals surface area contributed by atoms with Crippen LogP contribution in [0.5, 0.6) is 0 Å². The monoisotopic (exact) mass is 539 g/mol. The summed E-state index contributed by atoms with van der Waals surface area (Å²) in [4.78, 5) is 15.0. The summed E-state index contributed by atoms with van der Waals surface area (Å²) in [6, 6.07) is 29.4. The molecule has 0 aliphatic carbocycles. The Balaban J connectivity index is 1.22. The lowest BCUT2D eigenvalue weighted by molar-refractivity contribution is 0.0791. The van der Waals surface area contributed by atoms with Crippen LogP contribution in [0.2, 0.25) is 0 Å². The largest absolute Gasteiger partial charge is 0.380 e. The van der Waals surface area contributed by atoms with Gasteiger partial charge in [0.25, 0.3) is 15.9 Å². The number of carbonyl (C=O) groups excluding carboxylic acids is 1. The third kappa shape index (κ3) is 4.79. The minimum absolute atomic E-state index is 0.0555. The maximum absolute atomic E-state index is 13.7. The van der Waals surface area contributed by atoms with Crippen LogP contribution in [-0.4, -0.2) is 42.3 Å². The molecule has 8 heteroatoms. The second-order valence-electron chi connectivity index (χ2n) is 9.64. The molecule has 4 aromatic carbocycles. The molecular formula is C31H26FN3O3S. The molecule has 1 aliphatic rings. The van der Waals surface area contributed by atoms with Gasteiger partial charge in [-0.2, -0.15) is 0 Å². The van der Waals surface area contributed by atoms with Gasteiger partial charge in [-0.3, -0.25) is 4.79 Å². The van der Waals surface area contributed by atoms with E-state index >= 15 is 0 Å². The number of amides is 1. The number of hydrogen-bond donors (Lipinski definition) is 1. The number of hydrogen-bond acceptors (Lipinski definition) is 4. The Kier molecular flexibility index (Phi) is 6.40. The minimum Gasteiger partial charge on any atom is -0.380 e. The third-order valence-corrected chi connectivity index (χ3v) is 8.80. The summed E-state index contributed by atoms with van der Waals surface area (Å²) in [7, 11) is -3.91. The number of fused-ring (bicyclic) bond motifs is 1.